The second kappa shape index (κ2) is 5.64. The van der Waals surface area contributed by atoms with Crippen LogP contribution in [0.3, 0.4) is 0 Å². The van der Waals surface area contributed by atoms with Crippen molar-refractivity contribution in [1.29, 1.82) is 0 Å². The Hall–Kier alpha value is -2.23. The fourth-order valence-electron chi connectivity index (χ4n) is 2.90. The van der Waals surface area contributed by atoms with E-state index in [0.717, 1.165) is 30.7 Å². The first-order valence-electron chi connectivity index (χ1n) is 7.25. The summed E-state index contributed by atoms with van der Waals surface area (Å²) in [6.45, 7) is 0. The van der Waals surface area contributed by atoms with E-state index in [1.54, 1.807) is 24.8 Å². The highest BCUT2D eigenvalue weighted by molar-refractivity contribution is 5.44. The summed E-state index contributed by atoms with van der Waals surface area (Å²) in [5.74, 6) is 0.913. The predicted molar refractivity (Wildman–Crippen MR) is 84.1 cm³/mol. The molecule has 0 saturated carbocycles. The van der Waals surface area contributed by atoms with Crippen LogP contribution in [0.1, 0.15) is 17.5 Å². The highest BCUT2D eigenvalue weighted by Crippen LogP contribution is 2.27. The second-order valence-electron chi connectivity index (χ2n) is 5.59. The van der Waals surface area contributed by atoms with Crippen molar-refractivity contribution in [3.63, 3.8) is 0 Å². The number of benzene rings is 1. The van der Waals surface area contributed by atoms with Gasteiger partial charge in [0.25, 0.3) is 0 Å². The quantitative estimate of drug-likeness (QED) is 0.941. The van der Waals surface area contributed by atoms with Gasteiger partial charge in [-0.1, -0.05) is 6.07 Å². The fourth-order valence-corrected chi connectivity index (χ4v) is 2.90. The molecule has 0 bridgehead atoms. The van der Waals surface area contributed by atoms with Crippen LogP contribution in [-0.4, -0.2) is 17.7 Å². The zero-order valence-corrected chi connectivity index (χ0v) is 12.4. The number of pyridine rings is 1. The molecule has 1 N–H and O–H groups in total. The lowest BCUT2D eigenvalue weighted by Gasteiger charge is -2.26. The zero-order valence-electron chi connectivity index (χ0n) is 12.4. The smallest absolute Gasteiger partial charge is 0.250 e. The minimum Gasteiger partial charge on any atom is -0.497 e. The summed E-state index contributed by atoms with van der Waals surface area (Å²) < 4.78 is 6.90. The summed E-state index contributed by atoms with van der Waals surface area (Å²) in [7, 11) is 3.47. The molecular weight excluding hydrogens is 264 g/mol. The molecule has 0 saturated heterocycles. The normalized spacial score (nSPS) is 17.1. The first-order chi connectivity index (χ1) is 10.2. The number of aryl methyl sites for hydroxylation is 2. The van der Waals surface area contributed by atoms with Gasteiger partial charge in [-0.25, -0.2) is 0 Å². The number of hydrogen-bond acceptors (Lipinski definition) is 3. The Kier molecular flexibility index (Phi) is 3.69. The monoisotopic (exact) mass is 284 g/mol. The molecule has 1 aliphatic rings. The number of nitrogens with zero attached hydrogens (tertiary/aromatic N) is 1. The van der Waals surface area contributed by atoms with Gasteiger partial charge in [-0.15, -0.1) is 0 Å². The zero-order chi connectivity index (χ0) is 14.8. The van der Waals surface area contributed by atoms with E-state index in [-0.39, 0.29) is 5.56 Å². The van der Waals surface area contributed by atoms with Crippen molar-refractivity contribution in [1.82, 2.24) is 4.57 Å². The first-order valence-corrected chi connectivity index (χ1v) is 7.25. The van der Waals surface area contributed by atoms with Crippen LogP contribution in [0.15, 0.2) is 41.3 Å². The van der Waals surface area contributed by atoms with Gasteiger partial charge in [-0.05, 0) is 48.6 Å². The molecule has 0 amide bonds. The van der Waals surface area contributed by atoms with E-state index in [1.807, 2.05) is 18.3 Å². The lowest BCUT2D eigenvalue weighted by Crippen LogP contribution is -2.28. The number of methoxy groups -OCH3 is 1. The second-order valence-corrected chi connectivity index (χ2v) is 5.59. The number of rotatable bonds is 3. The molecule has 1 aliphatic carbocycles. The minimum absolute atomic E-state index is 0.0132. The highest BCUT2D eigenvalue weighted by atomic mass is 16.5. The molecule has 1 aromatic heterocycles. The van der Waals surface area contributed by atoms with E-state index in [4.69, 9.17) is 4.74 Å². The number of hydrogen-bond donors (Lipinski definition) is 1. The van der Waals surface area contributed by atoms with Crippen LogP contribution >= 0.6 is 0 Å². The molecule has 21 heavy (non-hydrogen) atoms. The topological polar surface area (TPSA) is 43.3 Å². The van der Waals surface area contributed by atoms with E-state index in [9.17, 15) is 4.79 Å². The van der Waals surface area contributed by atoms with Gasteiger partial charge in [0, 0.05) is 25.4 Å². The molecule has 0 spiro atoms. The Morgan fingerprint density at radius 1 is 1.24 bits per heavy atom. The Labute approximate surface area is 124 Å². The number of nitrogens with one attached hydrogen (secondary N) is 1. The fraction of sp³-hybridized carbons (Fsp3) is 0.353. The summed E-state index contributed by atoms with van der Waals surface area (Å²) in [5, 5.41) is 3.53. The highest BCUT2D eigenvalue weighted by Gasteiger charge is 2.19. The molecule has 110 valence electrons. The molecule has 1 unspecified atom stereocenters. The van der Waals surface area contributed by atoms with Crippen LogP contribution in [0, 0.1) is 0 Å². The third-order valence-electron chi connectivity index (χ3n) is 4.10. The van der Waals surface area contributed by atoms with Gasteiger partial charge in [-0.2, -0.15) is 0 Å². The summed E-state index contributed by atoms with van der Waals surface area (Å²) in [6, 6.07) is 10.2. The molecule has 1 aromatic carbocycles. The average Bonchev–Trinajstić information content (AvgIpc) is 2.50. The number of ether oxygens (including phenoxy) is 1. The summed E-state index contributed by atoms with van der Waals surface area (Å²) >= 11 is 0. The maximum absolute atomic E-state index is 11.4. The van der Waals surface area contributed by atoms with Crippen molar-refractivity contribution in [3.05, 3.63) is 58.0 Å². The van der Waals surface area contributed by atoms with Crippen LogP contribution in [0.25, 0.3) is 0 Å². The summed E-state index contributed by atoms with van der Waals surface area (Å²) in [5.41, 5.74) is 3.77. The van der Waals surface area contributed by atoms with E-state index in [2.05, 4.69) is 17.4 Å². The van der Waals surface area contributed by atoms with Crippen LogP contribution in [-0.2, 0) is 19.9 Å². The standard InChI is InChI=1S/C17H20N2O2/c1-19-11-15(6-8-17(19)20)18-14-5-3-12-4-7-16(21-2)10-13(12)9-14/h4,6-8,10-11,14,18H,3,5,9H2,1-2H3. The molecule has 4 nitrogen and oxygen atoms in total. The average molecular weight is 284 g/mol. The van der Waals surface area contributed by atoms with Gasteiger partial charge in [0.15, 0.2) is 0 Å². The maximum atomic E-state index is 11.4. The lowest BCUT2D eigenvalue weighted by atomic mass is 9.88. The van der Waals surface area contributed by atoms with Gasteiger partial charge < -0.3 is 14.6 Å². The SMILES string of the molecule is COc1ccc2c(c1)CC(Nc1ccc(=O)n(C)c1)CC2. The molecule has 2 aromatic rings. The van der Waals surface area contributed by atoms with E-state index in [0.29, 0.717) is 6.04 Å². The van der Waals surface area contributed by atoms with Gasteiger partial charge in [0.1, 0.15) is 5.75 Å². The van der Waals surface area contributed by atoms with E-state index in [1.165, 1.54) is 11.1 Å². The van der Waals surface area contributed by atoms with Crippen LogP contribution < -0.4 is 15.6 Å². The molecular formula is C17H20N2O2. The van der Waals surface area contributed by atoms with Gasteiger partial charge in [0.05, 0.1) is 12.8 Å². The van der Waals surface area contributed by atoms with Crippen molar-refractivity contribution >= 4 is 5.69 Å². The van der Waals surface area contributed by atoms with Gasteiger partial charge in [-0.3, -0.25) is 4.79 Å². The Morgan fingerprint density at radius 3 is 2.86 bits per heavy atom. The third-order valence-corrected chi connectivity index (χ3v) is 4.10. The largest absolute Gasteiger partial charge is 0.497 e. The number of anilines is 1. The third kappa shape index (κ3) is 2.94. The Morgan fingerprint density at radius 2 is 2.10 bits per heavy atom. The predicted octanol–water partition coefficient (Wildman–Crippen LogP) is 2.36. The van der Waals surface area contributed by atoms with E-state index >= 15 is 0 Å². The van der Waals surface area contributed by atoms with Crippen molar-refractivity contribution in [3.8, 4) is 5.75 Å². The number of fused-ring (bicyclic) bond motifs is 1. The Bertz CT molecular complexity index is 706. The van der Waals surface area contributed by atoms with Crippen molar-refractivity contribution < 1.29 is 4.74 Å². The van der Waals surface area contributed by atoms with Crippen molar-refractivity contribution in [2.75, 3.05) is 12.4 Å². The Balaban J connectivity index is 1.76. The lowest BCUT2D eigenvalue weighted by molar-refractivity contribution is 0.413. The summed E-state index contributed by atoms with van der Waals surface area (Å²) in [4.78, 5) is 11.4. The molecule has 1 atom stereocenters. The molecule has 0 fully saturated rings. The van der Waals surface area contributed by atoms with Crippen molar-refractivity contribution in [2.45, 2.75) is 25.3 Å². The molecule has 1 heterocycles. The summed E-state index contributed by atoms with van der Waals surface area (Å²) in [6.07, 6.45) is 5.00. The molecule has 0 radical (unpaired) electrons. The number of aromatic nitrogens is 1. The van der Waals surface area contributed by atoms with Gasteiger partial charge >= 0.3 is 0 Å². The van der Waals surface area contributed by atoms with Crippen LogP contribution in [0.2, 0.25) is 0 Å². The minimum atomic E-state index is 0.0132. The van der Waals surface area contributed by atoms with Crippen LogP contribution in [0.5, 0.6) is 5.75 Å². The molecule has 4 heteroatoms. The molecule has 3 rings (SSSR count). The first kappa shape index (κ1) is 13.7. The maximum Gasteiger partial charge on any atom is 0.250 e. The van der Waals surface area contributed by atoms with Gasteiger partial charge in [0.2, 0.25) is 5.56 Å². The van der Waals surface area contributed by atoms with Crippen molar-refractivity contribution in [2.24, 2.45) is 7.05 Å². The van der Waals surface area contributed by atoms with E-state index < -0.39 is 0 Å². The molecule has 0 aliphatic heterocycles. The van der Waals surface area contributed by atoms with Crippen LogP contribution in [0.4, 0.5) is 5.69 Å².